The second kappa shape index (κ2) is 4.66. The maximum atomic E-state index is 5.96. The summed E-state index contributed by atoms with van der Waals surface area (Å²) in [5.41, 5.74) is 3.94. The molecule has 2 rings (SSSR count). The third kappa shape index (κ3) is 1.83. The van der Waals surface area contributed by atoms with Crippen LogP contribution in [-0.4, -0.2) is 23.9 Å². The van der Waals surface area contributed by atoms with Gasteiger partial charge in [-0.25, -0.2) is 5.84 Å². The molecule has 0 aromatic heterocycles. The van der Waals surface area contributed by atoms with Gasteiger partial charge >= 0.3 is 0 Å². The van der Waals surface area contributed by atoms with Gasteiger partial charge in [0, 0.05) is 5.56 Å². The Morgan fingerprint density at radius 3 is 2.31 bits per heavy atom. The lowest BCUT2D eigenvalue weighted by Gasteiger charge is -2.19. The highest BCUT2D eigenvalue weighted by Gasteiger charge is 2.20. The third-order valence-electron chi connectivity index (χ3n) is 3.10. The molecule has 0 amide bonds. The van der Waals surface area contributed by atoms with E-state index in [0.717, 1.165) is 31.8 Å². The molecule has 0 unspecified atom stereocenters. The normalized spacial score (nSPS) is 15.4. The molecular weight excluding hydrogens is 198 g/mol. The van der Waals surface area contributed by atoms with Crippen molar-refractivity contribution in [2.24, 2.45) is 10.8 Å². The van der Waals surface area contributed by atoms with Gasteiger partial charge in [-0.2, -0.15) is 0 Å². The third-order valence-corrected chi connectivity index (χ3v) is 3.10. The number of rotatable bonds is 3. The Labute approximate surface area is 96.9 Å². The predicted molar refractivity (Wildman–Crippen MR) is 67.5 cm³/mol. The lowest BCUT2D eigenvalue weighted by molar-refractivity contribution is 0.484. The number of nitrogens with two attached hydrogens (primary N) is 1. The van der Waals surface area contributed by atoms with E-state index in [-0.39, 0.29) is 0 Å². The average Bonchev–Trinajstić information content (AvgIpc) is 2.74. The second-order valence-electron chi connectivity index (χ2n) is 4.06. The topological polar surface area (TPSA) is 41.6 Å². The highest BCUT2D eigenvalue weighted by atomic mass is 15.5. The van der Waals surface area contributed by atoms with E-state index in [2.05, 4.69) is 37.0 Å². The molecule has 16 heavy (non-hydrogen) atoms. The average molecular weight is 217 g/mol. The van der Waals surface area contributed by atoms with Gasteiger partial charge in [-0.1, -0.05) is 32.0 Å². The van der Waals surface area contributed by atoms with Crippen LogP contribution in [0.5, 0.6) is 0 Å². The largest absolute Gasteiger partial charge is 0.293 e. The summed E-state index contributed by atoms with van der Waals surface area (Å²) in [5.74, 6) is 6.93. The van der Waals surface area contributed by atoms with E-state index < -0.39 is 0 Å². The zero-order chi connectivity index (χ0) is 11.5. The molecular formula is C13H19N3. The zero-order valence-electron chi connectivity index (χ0n) is 10.0. The fourth-order valence-electron chi connectivity index (χ4n) is 2.21. The van der Waals surface area contributed by atoms with Crippen LogP contribution in [0, 0.1) is 0 Å². The molecule has 0 fully saturated rings. The Kier molecular flexibility index (Phi) is 3.25. The molecule has 0 radical (unpaired) electrons. The first kappa shape index (κ1) is 11.1. The number of nitrogens with zero attached hydrogens (tertiary/aromatic N) is 2. The number of hydrazine groups is 1. The van der Waals surface area contributed by atoms with Crippen molar-refractivity contribution < 1.29 is 0 Å². The fraction of sp³-hybridized carbons (Fsp3) is 0.462. The summed E-state index contributed by atoms with van der Waals surface area (Å²) in [4.78, 5) is 4.52. The Balaban J connectivity index is 2.52. The van der Waals surface area contributed by atoms with E-state index in [4.69, 9.17) is 5.84 Å². The fourth-order valence-corrected chi connectivity index (χ4v) is 2.21. The molecule has 3 heteroatoms. The molecule has 1 aromatic carbocycles. The van der Waals surface area contributed by atoms with Crippen molar-refractivity contribution in [2.75, 3.05) is 13.1 Å². The van der Waals surface area contributed by atoms with Gasteiger partial charge in [0.15, 0.2) is 0 Å². The molecule has 2 N–H and O–H groups in total. The van der Waals surface area contributed by atoms with E-state index in [9.17, 15) is 0 Å². The standard InChI is InChI=1S/C13H19N3/c1-3-10-6-5-7-11(4-2)12(10)13-15-8-9-16(13)14/h5-7H,3-4,8-9,14H2,1-2H3. The van der Waals surface area contributed by atoms with Crippen molar-refractivity contribution in [1.29, 1.82) is 0 Å². The maximum Gasteiger partial charge on any atom is 0.145 e. The van der Waals surface area contributed by atoms with Crippen molar-refractivity contribution in [2.45, 2.75) is 26.7 Å². The van der Waals surface area contributed by atoms with Gasteiger partial charge in [0.2, 0.25) is 0 Å². The molecule has 1 aromatic rings. The van der Waals surface area contributed by atoms with Crippen molar-refractivity contribution in [3.05, 3.63) is 34.9 Å². The Morgan fingerprint density at radius 1 is 1.25 bits per heavy atom. The van der Waals surface area contributed by atoms with E-state index in [0.29, 0.717) is 0 Å². The van der Waals surface area contributed by atoms with Crippen LogP contribution in [-0.2, 0) is 12.8 Å². The van der Waals surface area contributed by atoms with Crippen molar-refractivity contribution in [3.8, 4) is 0 Å². The molecule has 1 aliphatic rings. The van der Waals surface area contributed by atoms with Gasteiger partial charge in [0.25, 0.3) is 0 Å². The zero-order valence-corrected chi connectivity index (χ0v) is 10.0. The van der Waals surface area contributed by atoms with Crippen LogP contribution < -0.4 is 5.84 Å². The molecule has 0 saturated carbocycles. The number of benzene rings is 1. The lowest BCUT2D eigenvalue weighted by atomic mass is 9.96. The smallest absolute Gasteiger partial charge is 0.145 e. The van der Waals surface area contributed by atoms with Gasteiger partial charge in [-0.05, 0) is 24.0 Å². The number of hydrogen-bond donors (Lipinski definition) is 1. The number of amidine groups is 1. The molecule has 0 bridgehead atoms. The van der Waals surface area contributed by atoms with Gasteiger partial charge in [0.05, 0.1) is 13.1 Å². The number of aliphatic imine (C=N–C) groups is 1. The summed E-state index contributed by atoms with van der Waals surface area (Å²) in [6, 6.07) is 6.46. The van der Waals surface area contributed by atoms with Crippen LogP contribution >= 0.6 is 0 Å². The highest BCUT2D eigenvalue weighted by molar-refractivity contribution is 6.02. The van der Waals surface area contributed by atoms with Gasteiger partial charge in [0.1, 0.15) is 5.84 Å². The second-order valence-corrected chi connectivity index (χ2v) is 4.06. The SMILES string of the molecule is CCc1cccc(CC)c1C1=NCCN1N. The van der Waals surface area contributed by atoms with Crippen LogP contribution in [0.25, 0.3) is 0 Å². The van der Waals surface area contributed by atoms with Gasteiger partial charge < -0.3 is 0 Å². The van der Waals surface area contributed by atoms with Crippen molar-refractivity contribution in [1.82, 2.24) is 5.01 Å². The van der Waals surface area contributed by atoms with Crippen LogP contribution in [0.4, 0.5) is 0 Å². The molecule has 1 aliphatic heterocycles. The minimum atomic E-state index is 0.813. The first-order chi connectivity index (χ1) is 7.77. The van der Waals surface area contributed by atoms with Gasteiger partial charge in [-0.15, -0.1) is 0 Å². The number of aryl methyl sites for hydroxylation is 2. The van der Waals surface area contributed by atoms with Crippen LogP contribution in [0.15, 0.2) is 23.2 Å². The summed E-state index contributed by atoms with van der Waals surface area (Å²) in [5, 5.41) is 1.77. The molecule has 0 spiro atoms. The van der Waals surface area contributed by atoms with E-state index in [1.54, 1.807) is 5.01 Å². The Morgan fingerprint density at radius 2 is 1.88 bits per heavy atom. The van der Waals surface area contributed by atoms with Crippen LogP contribution in [0.3, 0.4) is 0 Å². The van der Waals surface area contributed by atoms with E-state index in [1.807, 2.05) is 0 Å². The molecule has 86 valence electrons. The summed E-state index contributed by atoms with van der Waals surface area (Å²) in [7, 11) is 0. The molecule has 0 aliphatic carbocycles. The summed E-state index contributed by atoms with van der Waals surface area (Å²) in [6.07, 6.45) is 2.05. The quantitative estimate of drug-likeness (QED) is 0.784. The van der Waals surface area contributed by atoms with Crippen LogP contribution in [0.2, 0.25) is 0 Å². The van der Waals surface area contributed by atoms with Crippen LogP contribution in [0.1, 0.15) is 30.5 Å². The minimum Gasteiger partial charge on any atom is -0.293 e. The molecule has 1 heterocycles. The van der Waals surface area contributed by atoms with Gasteiger partial charge in [-0.3, -0.25) is 10.0 Å². The maximum absolute atomic E-state index is 5.96. The Bertz CT molecular complexity index is 387. The monoisotopic (exact) mass is 217 g/mol. The first-order valence-electron chi connectivity index (χ1n) is 5.95. The molecule has 0 atom stereocenters. The summed E-state index contributed by atoms with van der Waals surface area (Å²) >= 11 is 0. The van der Waals surface area contributed by atoms with Crippen molar-refractivity contribution >= 4 is 5.84 Å². The van der Waals surface area contributed by atoms with E-state index in [1.165, 1.54) is 16.7 Å². The summed E-state index contributed by atoms with van der Waals surface area (Å²) in [6.45, 7) is 5.99. The first-order valence-corrected chi connectivity index (χ1v) is 5.95. The van der Waals surface area contributed by atoms with Crippen molar-refractivity contribution in [3.63, 3.8) is 0 Å². The molecule has 3 nitrogen and oxygen atoms in total. The predicted octanol–water partition coefficient (Wildman–Crippen LogP) is 1.75. The summed E-state index contributed by atoms with van der Waals surface area (Å²) < 4.78 is 0. The van der Waals surface area contributed by atoms with E-state index >= 15 is 0 Å². The minimum absolute atomic E-state index is 0.813. The highest BCUT2D eigenvalue weighted by Crippen LogP contribution is 2.20. The lowest BCUT2D eigenvalue weighted by Crippen LogP contribution is -2.36. The Hall–Kier alpha value is -1.35. The number of hydrogen-bond acceptors (Lipinski definition) is 3. The molecule has 0 saturated heterocycles.